The summed E-state index contributed by atoms with van der Waals surface area (Å²) in [4.78, 5) is 3.90. The molecule has 3 aromatic rings. The summed E-state index contributed by atoms with van der Waals surface area (Å²) >= 11 is 7.31. The fraction of sp³-hybridized carbons (Fsp3) is 0.211. The lowest BCUT2D eigenvalue weighted by Crippen LogP contribution is -2.18. The minimum absolute atomic E-state index is 0.00406. The van der Waals surface area contributed by atoms with Gasteiger partial charge in [0.25, 0.3) is 10.0 Å². The van der Waals surface area contributed by atoms with Crippen molar-refractivity contribution in [1.29, 1.82) is 0 Å². The van der Waals surface area contributed by atoms with Crippen LogP contribution in [0.2, 0.25) is 5.02 Å². The Labute approximate surface area is 179 Å². The Bertz CT molecular complexity index is 1180. The summed E-state index contributed by atoms with van der Waals surface area (Å²) in [5, 5.41) is 1.89. The summed E-state index contributed by atoms with van der Waals surface area (Å²) in [6, 6.07) is 7.68. The Morgan fingerprint density at radius 2 is 1.93 bits per heavy atom. The molecule has 2 heterocycles. The Balaban J connectivity index is 1.67. The van der Waals surface area contributed by atoms with E-state index in [0.29, 0.717) is 23.3 Å². The maximum absolute atomic E-state index is 12.9. The summed E-state index contributed by atoms with van der Waals surface area (Å²) in [7, 11) is -3.86. The molecule has 0 spiro atoms. The summed E-state index contributed by atoms with van der Waals surface area (Å²) in [6.07, 6.45) is -2.50. The summed E-state index contributed by atoms with van der Waals surface area (Å²) < 4.78 is 72.0. The molecule has 158 valence electrons. The van der Waals surface area contributed by atoms with E-state index in [2.05, 4.69) is 9.71 Å². The third-order valence-corrected chi connectivity index (χ3v) is 7.17. The predicted molar refractivity (Wildman–Crippen MR) is 108 cm³/mol. The Morgan fingerprint density at radius 3 is 2.60 bits per heavy atom. The second-order valence-electron chi connectivity index (χ2n) is 6.57. The van der Waals surface area contributed by atoms with Crippen LogP contribution in [0.25, 0.3) is 0 Å². The molecule has 1 aromatic heterocycles. The number of hydrogen-bond donors (Lipinski definition) is 1. The van der Waals surface area contributed by atoms with Crippen LogP contribution >= 0.6 is 22.9 Å². The van der Waals surface area contributed by atoms with Crippen LogP contribution in [0.1, 0.15) is 29.0 Å². The number of rotatable bonds is 4. The molecule has 1 N–H and O–H groups in total. The van der Waals surface area contributed by atoms with E-state index in [1.807, 2.05) is 0 Å². The van der Waals surface area contributed by atoms with Gasteiger partial charge in [0.15, 0.2) is 5.13 Å². The standard InChI is InChI=1S/C19H14ClF3N2O3S2/c20-16-9-11(19(21,22)23)1-3-14(16)13-5-7-28-17-10-12(2-4-15(13)17)30(26,27)25-18-24-6-8-29-18/h1-4,6,8-10,13H,5,7H2,(H,24,25)/t13-/m1/s1. The molecular weight excluding hydrogens is 461 g/mol. The van der Waals surface area contributed by atoms with E-state index in [4.69, 9.17) is 16.3 Å². The number of fused-ring (bicyclic) bond motifs is 1. The maximum Gasteiger partial charge on any atom is 0.416 e. The van der Waals surface area contributed by atoms with Crippen LogP contribution in [0, 0.1) is 0 Å². The van der Waals surface area contributed by atoms with Crippen molar-refractivity contribution < 1.29 is 26.3 Å². The minimum atomic E-state index is -4.48. The highest BCUT2D eigenvalue weighted by atomic mass is 35.5. The van der Waals surface area contributed by atoms with Crippen molar-refractivity contribution in [2.45, 2.75) is 23.4 Å². The number of ether oxygens (including phenoxy) is 1. The third kappa shape index (κ3) is 4.12. The number of hydrogen-bond acceptors (Lipinski definition) is 5. The second-order valence-corrected chi connectivity index (χ2v) is 9.55. The zero-order chi connectivity index (χ0) is 21.5. The van der Waals surface area contributed by atoms with E-state index in [9.17, 15) is 21.6 Å². The molecule has 0 amide bonds. The van der Waals surface area contributed by atoms with Crippen molar-refractivity contribution in [2.75, 3.05) is 11.3 Å². The lowest BCUT2D eigenvalue weighted by molar-refractivity contribution is -0.137. The lowest BCUT2D eigenvalue weighted by atomic mass is 9.86. The first kappa shape index (κ1) is 21.0. The number of alkyl halides is 3. The SMILES string of the molecule is O=S(=O)(Nc1nccs1)c1ccc2c(c1)OCC[C@@H]2c1ccc(C(F)(F)F)cc1Cl. The van der Waals surface area contributed by atoms with Crippen LogP contribution < -0.4 is 9.46 Å². The second kappa shape index (κ2) is 7.75. The number of halogens is 4. The molecule has 1 aliphatic rings. The summed E-state index contributed by atoms with van der Waals surface area (Å²) in [6.45, 7) is 0.276. The van der Waals surface area contributed by atoms with Crippen molar-refractivity contribution in [3.8, 4) is 5.75 Å². The molecule has 2 aromatic carbocycles. The molecule has 1 atom stereocenters. The fourth-order valence-electron chi connectivity index (χ4n) is 3.29. The van der Waals surface area contributed by atoms with Gasteiger partial charge in [0.05, 0.1) is 17.1 Å². The average Bonchev–Trinajstić information content (AvgIpc) is 3.18. The molecule has 0 radical (unpaired) electrons. The Morgan fingerprint density at radius 1 is 1.17 bits per heavy atom. The highest BCUT2D eigenvalue weighted by Gasteiger charge is 2.33. The number of benzene rings is 2. The van der Waals surface area contributed by atoms with E-state index >= 15 is 0 Å². The highest BCUT2D eigenvalue weighted by Crippen LogP contribution is 2.43. The van der Waals surface area contributed by atoms with Crippen molar-refractivity contribution >= 4 is 38.1 Å². The molecule has 11 heteroatoms. The van der Waals surface area contributed by atoms with Gasteiger partial charge >= 0.3 is 6.18 Å². The zero-order valence-corrected chi connectivity index (χ0v) is 17.5. The van der Waals surface area contributed by atoms with Gasteiger partial charge in [0.1, 0.15) is 5.75 Å². The van der Waals surface area contributed by atoms with Gasteiger partial charge in [-0.2, -0.15) is 13.2 Å². The van der Waals surface area contributed by atoms with Gasteiger partial charge in [-0.1, -0.05) is 23.7 Å². The Hall–Kier alpha value is -2.30. The first-order valence-electron chi connectivity index (χ1n) is 8.71. The van der Waals surface area contributed by atoms with Crippen LogP contribution in [0.4, 0.5) is 18.3 Å². The molecule has 0 fully saturated rings. The van der Waals surface area contributed by atoms with E-state index in [1.165, 1.54) is 24.4 Å². The van der Waals surface area contributed by atoms with E-state index < -0.39 is 21.8 Å². The number of anilines is 1. The van der Waals surface area contributed by atoms with Gasteiger partial charge in [-0.3, -0.25) is 4.72 Å². The van der Waals surface area contributed by atoms with Crippen LogP contribution in [-0.4, -0.2) is 20.0 Å². The van der Waals surface area contributed by atoms with Crippen molar-refractivity contribution in [3.05, 3.63) is 69.7 Å². The quantitative estimate of drug-likeness (QED) is 0.539. The van der Waals surface area contributed by atoms with Gasteiger partial charge in [-0.15, -0.1) is 11.3 Å². The van der Waals surface area contributed by atoms with E-state index in [1.54, 1.807) is 11.4 Å². The van der Waals surface area contributed by atoms with Gasteiger partial charge in [-0.25, -0.2) is 13.4 Å². The van der Waals surface area contributed by atoms with Gasteiger partial charge in [0.2, 0.25) is 0 Å². The number of nitrogens with one attached hydrogen (secondary N) is 1. The smallest absolute Gasteiger partial charge is 0.416 e. The lowest BCUT2D eigenvalue weighted by Gasteiger charge is -2.27. The number of sulfonamides is 1. The van der Waals surface area contributed by atoms with Crippen molar-refractivity contribution in [1.82, 2.24) is 4.98 Å². The van der Waals surface area contributed by atoms with Crippen molar-refractivity contribution in [3.63, 3.8) is 0 Å². The molecule has 0 unspecified atom stereocenters. The monoisotopic (exact) mass is 474 g/mol. The molecule has 0 saturated carbocycles. The number of nitrogens with zero attached hydrogens (tertiary/aromatic N) is 1. The first-order chi connectivity index (χ1) is 14.1. The summed E-state index contributed by atoms with van der Waals surface area (Å²) in [5.41, 5.74) is 0.375. The third-order valence-electron chi connectivity index (χ3n) is 4.69. The topological polar surface area (TPSA) is 68.3 Å². The molecule has 4 rings (SSSR count). The van der Waals surface area contributed by atoms with Crippen LogP contribution in [0.3, 0.4) is 0 Å². The van der Waals surface area contributed by atoms with Gasteiger partial charge in [0, 0.05) is 34.1 Å². The van der Waals surface area contributed by atoms with Crippen LogP contribution in [0.15, 0.2) is 52.9 Å². The largest absolute Gasteiger partial charge is 0.493 e. The van der Waals surface area contributed by atoms with Crippen LogP contribution in [0.5, 0.6) is 5.75 Å². The average molecular weight is 475 g/mol. The molecule has 5 nitrogen and oxygen atoms in total. The Kier molecular flexibility index (Phi) is 5.41. The molecule has 0 aliphatic carbocycles. The molecule has 0 bridgehead atoms. The van der Waals surface area contributed by atoms with Gasteiger partial charge < -0.3 is 4.74 Å². The maximum atomic E-state index is 12.9. The first-order valence-corrected chi connectivity index (χ1v) is 11.4. The van der Waals surface area contributed by atoms with Crippen molar-refractivity contribution in [2.24, 2.45) is 0 Å². The predicted octanol–water partition coefficient (Wildman–Crippen LogP) is 5.53. The van der Waals surface area contributed by atoms with Crippen LogP contribution in [-0.2, 0) is 16.2 Å². The van der Waals surface area contributed by atoms with E-state index in [-0.39, 0.29) is 27.6 Å². The summed E-state index contributed by atoms with van der Waals surface area (Å²) in [5.74, 6) is 0.0384. The molecule has 1 aliphatic heterocycles. The molecular formula is C19H14ClF3N2O3S2. The fourth-order valence-corrected chi connectivity index (χ4v) is 5.41. The normalized spacial score (nSPS) is 16.6. The minimum Gasteiger partial charge on any atom is -0.493 e. The van der Waals surface area contributed by atoms with E-state index in [0.717, 1.165) is 23.5 Å². The highest BCUT2D eigenvalue weighted by molar-refractivity contribution is 7.93. The number of thiazole rings is 1. The zero-order valence-electron chi connectivity index (χ0n) is 15.1. The van der Waals surface area contributed by atoms with Gasteiger partial charge in [-0.05, 0) is 30.2 Å². The molecule has 30 heavy (non-hydrogen) atoms. The molecule has 0 saturated heterocycles. The number of aromatic nitrogens is 1.